The van der Waals surface area contributed by atoms with Crippen molar-refractivity contribution in [3.8, 4) is 16.9 Å². The largest absolute Gasteiger partial charge is 0.255 e. The van der Waals surface area contributed by atoms with Gasteiger partial charge in [0.1, 0.15) is 11.5 Å². The van der Waals surface area contributed by atoms with Crippen LogP contribution >= 0.6 is 11.6 Å². The zero-order chi connectivity index (χ0) is 20.1. The van der Waals surface area contributed by atoms with Crippen molar-refractivity contribution in [2.24, 2.45) is 0 Å². The topological polar surface area (TPSA) is 30.7 Å². The molecule has 0 radical (unpaired) electrons. The molecule has 0 fully saturated rings. The third-order valence-electron chi connectivity index (χ3n) is 5.32. The number of pyridine rings is 1. The van der Waals surface area contributed by atoms with Crippen LogP contribution in [0.15, 0.2) is 66.9 Å². The Kier molecular flexibility index (Phi) is 4.10. The molecule has 0 unspecified atom stereocenters. The van der Waals surface area contributed by atoms with Gasteiger partial charge < -0.3 is 0 Å². The van der Waals surface area contributed by atoms with Gasteiger partial charge in [0.05, 0.1) is 16.7 Å². The molecule has 2 heterocycles. The molecule has 0 spiro atoms. The van der Waals surface area contributed by atoms with E-state index in [0.717, 1.165) is 38.8 Å². The molecule has 0 aliphatic heterocycles. The van der Waals surface area contributed by atoms with Crippen LogP contribution in [0.25, 0.3) is 38.8 Å². The molecule has 0 N–H and O–H groups in total. The van der Waals surface area contributed by atoms with Crippen molar-refractivity contribution in [1.29, 1.82) is 0 Å². The van der Waals surface area contributed by atoms with Crippen molar-refractivity contribution in [1.82, 2.24) is 14.8 Å². The van der Waals surface area contributed by atoms with Gasteiger partial charge in [0.15, 0.2) is 0 Å². The van der Waals surface area contributed by atoms with Gasteiger partial charge in [0.2, 0.25) is 0 Å². The summed E-state index contributed by atoms with van der Waals surface area (Å²) in [7, 11) is 0. The molecule has 5 heteroatoms. The molecule has 0 amide bonds. The fourth-order valence-corrected chi connectivity index (χ4v) is 3.75. The number of hydrogen-bond acceptors (Lipinski definition) is 2. The molecule has 3 aromatic carbocycles. The minimum Gasteiger partial charge on any atom is -0.255 e. The zero-order valence-electron chi connectivity index (χ0n) is 15.9. The van der Waals surface area contributed by atoms with Crippen molar-refractivity contribution in [3.05, 3.63) is 88.8 Å². The Labute approximate surface area is 172 Å². The lowest BCUT2D eigenvalue weighted by atomic mass is 10.0. The SMILES string of the molecule is Cc1ccc(-c2nn(-c3ccc(Cl)cc3)c3c2cnc2ccc(F)cc23)cc1C. The summed E-state index contributed by atoms with van der Waals surface area (Å²) in [6.07, 6.45) is 1.82. The van der Waals surface area contributed by atoms with Gasteiger partial charge in [-0.3, -0.25) is 4.98 Å². The first-order valence-electron chi connectivity index (χ1n) is 9.32. The smallest absolute Gasteiger partial charge is 0.124 e. The molecular formula is C24H17ClFN3. The maximum Gasteiger partial charge on any atom is 0.124 e. The number of benzene rings is 3. The second-order valence-corrected chi connectivity index (χ2v) is 7.65. The maximum absolute atomic E-state index is 14.1. The Hall–Kier alpha value is -3.24. The monoisotopic (exact) mass is 401 g/mol. The Morgan fingerprint density at radius 3 is 2.41 bits per heavy atom. The maximum atomic E-state index is 14.1. The molecule has 0 bridgehead atoms. The number of hydrogen-bond donors (Lipinski definition) is 0. The van der Waals surface area contributed by atoms with Gasteiger partial charge in [-0.1, -0.05) is 23.7 Å². The standard InChI is InChI=1S/C24H17ClFN3/c1-14-3-4-16(11-15(14)2)23-21-13-27-22-10-7-18(26)12-20(22)24(21)29(28-23)19-8-5-17(25)6-9-19/h3-13H,1-2H3. The van der Waals surface area contributed by atoms with E-state index in [1.54, 1.807) is 6.07 Å². The summed E-state index contributed by atoms with van der Waals surface area (Å²) >= 11 is 6.08. The average molecular weight is 402 g/mol. The van der Waals surface area contributed by atoms with Crippen LogP contribution in [0, 0.1) is 19.7 Å². The lowest BCUT2D eigenvalue weighted by Gasteiger charge is -2.06. The fraction of sp³-hybridized carbons (Fsp3) is 0.0833. The number of halogens is 2. The number of fused-ring (bicyclic) bond motifs is 3. The summed E-state index contributed by atoms with van der Waals surface area (Å²) in [5.74, 6) is -0.302. The minimum atomic E-state index is -0.302. The van der Waals surface area contributed by atoms with E-state index in [0.29, 0.717) is 5.02 Å². The summed E-state index contributed by atoms with van der Waals surface area (Å²) < 4.78 is 16.0. The van der Waals surface area contributed by atoms with Crippen molar-refractivity contribution < 1.29 is 4.39 Å². The van der Waals surface area contributed by atoms with Gasteiger partial charge in [-0.2, -0.15) is 5.10 Å². The van der Waals surface area contributed by atoms with Crippen LogP contribution in [0.1, 0.15) is 11.1 Å². The first-order chi connectivity index (χ1) is 14.0. The van der Waals surface area contributed by atoms with Crippen LogP contribution in [-0.4, -0.2) is 14.8 Å². The lowest BCUT2D eigenvalue weighted by Crippen LogP contribution is -1.97. The van der Waals surface area contributed by atoms with Crippen molar-refractivity contribution >= 4 is 33.4 Å². The number of nitrogens with zero attached hydrogens (tertiary/aromatic N) is 3. The first kappa shape index (κ1) is 17.8. The molecule has 0 saturated heterocycles. The Morgan fingerprint density at radius 2 is 1.66 bits per heavy atom. The predicted octanol–water partition coefficient (Wildman–Crippen LogP) is 6.65. The Balaban J connectivity index is 1.90. The van der Waals surface area contributed by atoms with Gasteiger partial charge in [-0.25, -0.2) is 9.07 Å². The van der Waals surface area contributed by atoms with Gasteiger partial charge in [-0.05, 0) is 73.5 Å². The summed E-state index contributed by atoms with van der Waals surface area (Å²) in [5, 5.41) is 7.17. The molecule has 142 valence electrons. The zero-order valence-corrected chi connectivity index (χ0v) is 16.7. The third-order valence-corrected chi connectivity index (χ3v) is 5.57. The van der Waals surface area contributed by atoms with E-state index in [4.69, 9.17) is 16.7 Å². The predicted molar refractivity (Wildman–Crippen MR) is 116 cm³/mol. The summed E-state index contributed by atoms with van der Waals surface area (Å²) in [6.45, 7) is 4.17. The lowest BCUT2D eigenvalue weighted by molar-refractivity contribution is 0.629. The van der Waals surface area contributed by atoms with E-state index < -0.39 is 0 Å². The number of aromatic nitrogens is 3. The van der Waals surface area contributed by atoms with Gasteiger partial charge in [0, 0.05) is 27.6 Å². The van der Waals surface area contributed by atoms with E-state index in [1.165, 1.54) is 23.3 Å². The van der Waals surface area contributed by atoms with E-state index in [-0.39, 0.29) is 5.82 Å². The molecule has 0 aliphatic rings. The van der Waals surface area contributed by atoms with Crippen LogP contribution < -0.4 is 0 Å². The second-order valence-electron chi connectivity index (χ2n) is 7.22. The van der Waals surface area contributed by atoms with E-state index in [2.05, 4.69) is 37.0 Å². The Morgan fingerprint density at radius 1 is 0.862 bits per heavy atom. The van der Waals surface area contributed by atoms with Crippen LogP contribution in [-0.2, 0) is 0 Å². The molecule has 3 nitrogen and oxygen atoms in total. The van der Waals surface area contributed by atoms with Crippen LogP contribution in [0.2, 0.25) is 5.02 Å². The van der Waals surface area contributed by atoms with Crippen LogP contribution in [0.5, 0.6) is 0 Å². The highest BCUT2D eigenvalue weighted by molar-refractivity contribution is 6.30. The minimum absolute atomic E-state index is 0.302. The molecule has 5 aromatic rings. The van der Waals surface area contributed by atoms with Crippen LogP contribution in [0.3, 0.4) is 0 Å². The van der Waals surface area contributed by atoms with Crippen molar-refractivity contribution in [2.45, 2.75) is 13.8 Å². The molecule has 0 saturated carbocycles. The first-order valence-corrected chi connectivity index (χ1v) is 9.69. The molecule has 2 aromatic heterocycles. The van der Waals surface area contributed by atoms with Crippen molar-refractivity contribution in [2.75, 3.05) is 0 Å². The van der Waals surface area contributed by atoms with Gasteiger partial charge in [-0.15, -0.1) is 0 Å². The average Bonchev–Trinajstić information content (AvgIpc) is 3.11. The van der Waals surface area contributed by atoms with E-state index >= 15 is 0 Å². The highest BCUT2D eigenvalue weighted by Gasteiger charge is 2.18. The molecule has 0 atom stereocenters. The van der Waals surface area contributed by atoms with Gasteiger partial charge >= 0.3 is 0 Å². The molecule has 0 aliphatic carbocycles. The number of rotatable bonds is 2. The summed E-state index contributed by atoms with van der Waals surface area (Å²) in [6, 6.07) is 18.4. The highest BCUT2D eigenvalue weighted by atomic mass is 35.5. The summed E-state index contributed by atoms with van der Waals surface area (Å²) in [4.78, 5) is 4.56. The highest BCUT2D eigenvalue weighted by Crippen LogP contribution is 2.34. The molecule has 29 heavy (non-hydrogen) atoms. The normalized spacial score (nSPS) is 11.4. The van der Waals surface area contributed by atoms with E-state index in [1.807, 2.05) is 35.1 Å². The van der Waals surface area contributed by atoms with E-state index in [9.17, 15) is 4.39 Å². The Bertz CT molecular complexity index is 1390. The molecule has 5 rings (SSSR count). The second kappa shape index (κ2) is 6.68. The quantitative estimate of drug-likeness (QED) is 0.331. The fourth-order valence-electron chi connectivity index (χ4n) is 3.63. The van der Waals surface area contributed by atoms with Crippen molar-refractivity contribution in [3.63, 3.8) is 0 Å². The van der Waals surface area contributed by atoms with Gasteiger partial charge in [0.25, 0.3) is 0 Å². The number of aryl methyl sites for hydroxylation is 2. The molecular weight excluding hydrogens is 385 g/mol. The van der Waals surface area contributed by atoms with Crippen LogP contribution in [0.4, 0.5) is 4.39 Å². The summed E-state index contributed by atoms with van der Waals surface area (Å²) in [5.41, 5.74) is 6.63. The third kappa shape index (κ3) is 2.97.